The summed E-state index contributed by atoms with van der Waals surface area (Å²) >= 11 is 3.43. The minimum atomic E-state index is -0.627. The third-order valence-electron chi connectivity index (χ3n) is 3.26. The SMILES string of the molecule is COc1ccc(C(C)NC(=O)C2(N)CC2)cc1Br. The monoisotopic (exact) mass is 312 g/mol. The largest absolute Gasteiger partial charge is 0.496 e. The first-order chi connectivity index (χ1) is 8.46. The van der Waals surface area contributed by atoms with Crippen molar-refractivity contribution in [2.24, 2.45) is 5.73 Å². The smallest absolute Gasteiger partial charge is 0.240 e. The van der Waals surface area contributed by atoms with Gasteiger partial charge in [-0.3, -0.25) is 4.79 Å². The Morgan fingerprint density at radius 2 is 2.22 bits per heavy atom. The van der Waals surface area contributed by atoms with Gasteiger partial charge in [0.15, 0.2) is 0 Å². The molecule has 0 saturated heterocycles. The molecular weight excluding hydrogens is 296 g/mol. The summed E-state index contributed by atoms with van der Waals surface area (Å²) in [5, 5.41) is 2.94. The molecule has 0 radical (unpaired) electrons. The van der Waals surface area contributed by atoms with Crippen LogP contribution in [0.25, 0.3) is 0 Å². The van der Waals surface area contributed by atoms with Crippen LogP contribution < -0.4 is 15.8 Å². The third kappa shape index (κ3) is 2.67. The quantitative estimate of drug-likeness (QED) is 0.895. The van der Waals surface area contributed by atoms with Crippen molar-refractivity contribution in [3.05, 3.63) is 28.2 Å². The molecular formula is C13H17BrN2O2. The van der Waals surface area contributed by atoms with Crippen molar-refractivity contribution in [2.75, 3.05) is 7.11 Å². The van der Waals surface area contributed by atoms with Gasteiger partial charge in [0.05, 0.1) is 23.2 Å². The lowest BCUT2D eigenvalue weighted by molar-refractivity contribution is -0.123. The summed E-state index contributed by atoms with van der Waals surface area (Å²) in [5.41, 5.74) is 6.24. The Morgan fingerprint density at radius 3 is 2.72 bits per heavy atom. The van der Waals surface area contributed by atoms with Crippen LogP contribution in [0.2, 0.25) is 0 Å². The first-order valence-electron chi connectivity index (χ1n) is 5.89. The molecule has 1 atom stereocenters. The molecule has 5 heteroatoms. The van der Waals surface area contributed by atoms with Crippen molar-refractivity contribution >= 4 is 21.8 Å². The topological polar surface area (TPSA) is 64.3 Å². The highest BCUT2D eigenvalue weighted by atomic mass is 79.9. The minimum Gasteiger partial charge on any atom is -0.496 e. The molecule has 1 aromatic rings. The van der Waals surface area contributed by atoms with E-state index in [1.54, 1.807) is 7.11 Å². The second-order valence-corrected chi connectivity index (χ2v) is 5.60. The minimum absolute atomic E-state index is 0.0676. The van der Waals surface area contributed by atoms with Crippen molar-refractivity contribution in [3.8, 4) is 5.75 Å². The van der Waals surface area contributed by atoms with E-state index in [1.807, 2.05) is 25.1 Å². The second kappa shape index (κ2) is 4.90. The van der Waals surface area contributed by atoms with Crippen molar-refractivity contribution in [2.45, 2.75) is 31.3 Å². The van der Waals surface area contributed by atoms with Crippen LogP contribution in [0.15, 0.2) is 22.7 Å². The fourth-order valence-electron chi connectivity index (χ4n) is 1.74. The zero-order valence-electron chi connectivity index (χ0n) is 10.5. The molecule has 0 spiro atoms. The Hall–Kier alpha value is -1.07. The lowest BCUT2D eigenvalue weighted by Gasteiger charge is -2.18. The Kier molecular flexibility index (Phi) is 3.64. The van der Waals surface area contributed by atoms with Crippen molar-refractivity contribution in [1.82, 2.24) is 5.32 Å². The average molecular weight is 313 g/mol. The van der Waals surface area contributed by atoms with Crippen LogP contribution in [0.1, 0.15) is 31.4 Å². The predicted octanol–water partition coefficient (Wildman–Crippen LogP) is 2.13. The third-order valence-corrected chi connectivity index (χ3v) is 3.88. The van der Waals surface area contributed by atoms with Gasteiger partial charge in [0, 0.05) is 0 Å². The van der Waals surface area contributed by atoms with Crippen LogP contribution >= 0.6 is 15.9 Å². The maximum absolute atomic E-state index is 11.8. The summed E-state index contributed by atoms with van der Waals surface area (Å²) in [4.78, 5) is 11.8. The van der Waals surface area contributed by atoms with Gasteiger partial charge in [-0.25, -0.2) is 0 Å². The Labute approximate surface area is 115 Å². The molecule has 1 unspecified atom stereocenters. The van der Waals surface area contributed by atoms with Gasteiger partial charge in [0.25, 0.3) is 0 Å². The summed E-state index contributed by atoms with van der Waals surface area (Å²) in [5.74, 6) is 0.705. The molecule has 2 rings (SSSR count). The molecule has 1 amide bonds. The summed E-state index contributed by atoms with van der Waals surface area (Å²) in [7, 11) is 1.62. The van der Waals surface area contributed by atoms with Crippen molar-refractivity contribution in [3.63, 3.8) is 0 Å². The maximum Gasteiger partial charge on any atom is 0.240 e. The Balaban J connectivity index is 2.06. The number of nitrogens with one attached hydrogen (secondary N) is 1. The lowest BCUT2D eigenvalue weighted by atomic mass is 10.1. The van der Waals surface area contributed by atoms with E-state index in [1.165, 1.54) is 0 Å². The second-order valence-electron chi connectivity index (χ2n) is 4.75. The number of ether oxygens (including phenoxy) is 1. The van der Waals surface area contributed by atoms with Gasteiger partial charge >= 0.3 is 0 Å². The van der Waals surface area contributed by atoms with E-state index in [9.17, 15) is 4.79 Å². The number of nitrogens with two attached hydrogens (primary N) is 1. The van der Waals surface area contributed by atoms with E-state index in [2.05, 4.69) is 21.2 Å². The Morgan fingerprint density at radius 1 is 1.56 bits per heavy atom. The molecule has 98 valence electrons. The van der Waals surface area contributed by atoms with Gasteiger partial charge < -0.3 is 15.8 Å². The van der Waals surface area contributed by atoms with Crippen LogP contribution in [0.3, 0.4) is 0 Å². The first kappa shape index (κ1) is 13.4. The van der Waals surface area contributed by atoms with Crippen LogP contribution in [0, 0.1) is 0 Å². The molecule has 0 heterocycles. The fraction of sp³-hybridized carbons (Fsp3) is 0.462. The molecule has 1 aliphatic carbocycles. The van der Waals surface area contributed by atoms with E-state index >= 15 is 0 Å². The summed E-state index contributed by atoms with van der Waals surface area (Å²) in [6, 6.07) is 5.68. The standard InChI is InChI=1S/C13H17BrN2O2/c1-8(16-12(17)13(15)5-6-13)9-3-4-11(18-2)10(14)7-9/h3-4,7-8H,5-6,15H2,1-2H3,(H,16,17). The van der Waals surface area contributed by atoms with Crippen LogP contribution in [0.4, 0.5) is 0 Å². The van der Waals surface area contributed by atoms with Crippen LogP contribution in [0.5, 0.6) is 5.75 Å². The van der Waals surface area contributed by atoms with Gasteiger partial charge in [-0.05, 0) is 53.4 Å². The molecule has 3 N–H and O–H groups in total. The number of methoxy groups -OCH3 is 1. The molecule has 1 aliphatic rings. The zero-order chi connectivity index (χ0) is 13.3. The van der Waals surface area contributed by atoms with Gasteiger partial charge in [0.1, 0.15) is 5.75 Å². The van der Waals surface area contributed by atoms with Gasteiger partial charge in [-0.2, -0.15) is 0 Å². The molecule has 0 bridgehead atoms. The molecule has 0 aliphatic heterocycles. The zero-order valence-corrected chi connectivity index (χ0v) is 12.1. The molecule has 18 heavy (non-hydrogen) atoms. The molecule has 1 fully saturated rings. The average Bonchev–Trinajstić information content (AvgIpc) is 3.08. The molecule has 4 nitrogen and oxygen atoms in total. The lowest BCUT2D eigenvalue weighted by Crippen LogP contribution is -2.43. The molecule has 0 aromatic heterocycles. The van der Waals surface area contributed by atoms with E-state index in [0.717, 1.165) is 28.6 Å². The van der Waals surface area contributed by atoms with Crippen LogP contribution in [-0.4, -0.2) is 18.6 Å². The highest BCUT2D eigenvalue weighted by Crippen LogP contribution is 2.33. The number of rotatable bonds is 4. The number of benzene rings is 1. The van der Waals surface area contributed by atoms with E-state index in [4.69, 9.17) is 10.5 Å². The van der Waals surface area contributed by atoms with E-state index in [0.29, 0.717) is 0 Å². The normalized spacial score (nSPS) is 18.0. The number of hydrogen-bond acceptors (Lipinski definition) is 3. The van der Waals surface area contributed by atoms with Gasteiger partial charge in [0.2, 0.25) is 5.91 Å². The highest BCUT2D eigenvalue weighted by Gasteiger charge is 2.46. The van der Waals surface area contributed by atoms with Gasteiger partial charge in [-0.15, -0.1) is 0 Å². The first-order valence-corrected chi connectivity index (χ1v) is 6.69. The number of carbonyl (C=O) groups is 1. The van der Waals surface area contributed by atoms with E-state index < -0.39 is 5.54 Å². The fourth-order valence-corrected chi connectivity index (χ4v) is 2.30. The Bertz CT molecular complexity index is 472. The number of hydrogen-bond donors (Lipinski definition) is 2. The van der Waals surface area contributed by atoms with Crippen LogP contribution in [-0.2, 0) is 4.79 Å². The van der Waals surface area contributed by atoms with Crippen molar-refractivity contribution in [1.29, 1.82) is 0 Å². The number of carbonyl (C=O) groups excluding carboxylic acids is 1. The highest BCUT2D eigenvalue weighted by molar-refractivity contribution is 9.10. The number of amides is 1. The maximum atomic E-state index is 11.8. The molecule has 1 aromatic carbocycles. The van der Waals surface area contributed by atoms with Gasteiger partial charge in [-0.1, -0.05) is 6.07 Å². The van der Waals surface area contributed by atoms with E-state index in [-0.39, 0.29) is 11.9 Å². The van der Waals surface area contributed by atoms with Crippen molar-refractivity contribution < 1.29 is 9.53 Å². The summed E-state index contributed by atoms with van der Waals surface area (Å²) in [6.07, 6.45) is 1.55. The predicted molar refractivity (Wildman–Crippen MR) is 73.4 cm³/mol. The summed E-state index contributed by atoms with van der Waals surface area (Å²) < 4.78 is 6.04. The number of halogens is 1. The summed E-state index contributed by atoms with van der Waals surface area (Å²) in [6.45, 7) is 1.94. The molecule has 1 saturated carbocycles.